The Balaban J connectivity index is 1.32. The predicted octanol–water partition coefficient (Wildman–Crippen LogP) is 2.93. The maximum atomic E-state index is 12.7. The number of carbonyl (C=O) groups excluding carboxylic acids is 1. The van der Waals surface area contributed by atoms with Gasteiger partial charge in [0.15, 0.2) is 11.5 Å². The number of benzene rings is 1. The fraction of sp³-hybridized carbons (Fsp3) is 0.227. The molecule has 0 aliphatic carbocycles. The molecule has 4 heterocycles. The minimum Gasteiger partial charge on any atom is -0.353 e. The van der Waals surface area contributed by atoms with Gasteiger partial charge in [0.05, 0.1) is 0 Å². The van der Waals surface area contributed by atoms with E-state index in [0.717, 1.165) is 30.0 Å². The standard InChI is InChI=1S/C22H22N8O/c31-22(24-18-7-2-1-3-8-18)29-13-5-12-28(14-15-29)20-10-9-19-25-26-21(30(19)27-20)17-6-4-11-23-16-17/h1-4,6-11,16H,5,12-15H2,(H,24,31). The van der Waals surface area contributed by atoms with E-state index in [0.29, 0.717) is 31.1 Å². The van der Waals surface area contributed by atoms with E-state index in [1.165, 1.54) is 0 Å². The summed E-state index contributed by atoms with van der Waals surface area (Å²) in [7, 11) is 0. The molecule has 5 rings (SSSR count). The average Bonchev–Trinajstić information content (AvgIpc) is 3.08. The first-order valence-electron chi connectivity index (χ1n) is 10.3. The van der Waals surface area contributed by atoms with Gasteiger partial charge in [-0.2, -0.15) is 4.52 Å². The molecule has 0 atom stereocenters. The molecule has 1 aromatic carbocycles. The van der Waals surface area contributed by atoms with Crippen LogP contribution in [-0.4, -0.2) is 61.9 Å². The first-order chi connectivity index (χ1) is 15.3. The SMILES string of the molecule is O=C(Nc1ccccc1)N1CCCN(c2ccc3nnc(-c4cccnc4)n3n2)CC1. The first kappa shape index (κ1) is 19.0. The number of rotatable bonds is 3. The zero-order chi connectivity index (χ0) is 21.0. The van der Waals surface area contributed by atoms with Crippen molar-refractivity contribution < 1.29 is 4.79 Å². The second-order valence-corrected chi connectivity index (χ2v) is 7.35. The minimum absolute atomic E-state index is 0.0749. The van der Waals surface area contributed by atoms with Crippen LogP contribution in [0.4, 0.5) is 16.3 Å². The van der Waals surface area contributed by atoms with Crippen LogP contribution in [0.15, 0.2) is 67.0 Å². The lowest BCUT2D eigenvalue weighted by Crippen LogP contribution is -2.38. The average molecular weight is 414 g/mol. The molecule has 2 amide bonds. The molecule has 31 heavy (non-hydrogen) atoms. The van der Waals surface area contributed by atoms with Crippen LogP contribution in [0, 0.1) is 0 Å². The third-order valence-electron chi connectivity index (χ3n) is 5.30. The smallest absolute Gasteiger partial charge is 0.321 e. The molecule has 0 bridgehead atoms. The summed E-state index contributed by atoms with van der Waals surface area (Å²) in [4.78, 5) is 20.9. The van der Waals surface area contributed by atoms with Crippen LogP contribution >= 0.6 is 0 Å². The maximum Gasteiger partial charge on any atom is 0.321 e. The highest BCUT2D eigenvalue weighted by atomic mass is 16.2. The molecule has 1 aliphatic rings. The number of hydrogen-bond acceptors (Lipinski definition) is 6. The molecule has 1 fully saturated rings. The van der Waals surface area contributed by atoms with Gasteiger partial charge in [0, 0.05) is 49.8 Å². The van der Waals surface area contributed by atoms with E-state index in [9.17, 15) is 4.79 Å². The van der Waals surface area contributed by atoms with Crippen molar-refractivity contribution in [2.24, 2.45) is 0 Å². The molecular formula is C22H22N8O. The second kappa shape index (κ2) is 8.39. The molecule has 1 saturated heterocycles. The van der Waals surface area contributed by atoms with E-state index in [-0.39, 0.29) is 6.03 Å². The quantitative estimate of drug-likeness (QED) is 0.554. The molecule has 1 aliphatic heterocycles. The number of pyridine rings is 1. The summed E-state index contributed by atoms with van der Waals surface area (Å²) in [5, 5.41) is 16.2. The van der Waals surface area contributed by atoms with Crippen molar-refractivity contribution >= 4 is 23.2 Å². The number of fused-ring (bicyclic) bond motifs is 1. The third-order valence-corrected chi connectivity index (χ3v) is 5.30. The Morgan fingerprint density at radius 1 is 0.903 bits per heavy atom. The van der Waals surface area contributed by atoms with Crippen molar-refractivity contribution in [1.82, 2.24) is 29.7 Å². The van der Waals surface area contributed by atoms with Crippen LogP contribution in [0.25, 0.3) is 17.0 Å². The van der Waals surface area contributed by atoms with Crippen LogP contribution in [0.2, 0.25) is 0 Å². The molecule has 0 radical (unpaired) electrons. The molecule has 0 saturated carbocycles. The number of carbonyl (C=O) groups is 1. The lowest BCUT2D eigenvalue weighted by atomic mass is 10.3. The van der Waals surface area contributed by atoms with Gasteiger partial charge in [-0.1, -0.05) is 18.2 Å². The van der Waals surface area contributed by atoms with Gasteiger partial charge < -0.3 is 15.1 Å². The summed E-state index contributed by atoms with van der Waals surface area (Å²) in [6.45, 7) is 2.84. The van der Waals surface area contributed by atoms with Crippen molar-refractivity contribution in [2.75, 3.05) is 36.4 Å². The number of amides is 2. The number of nitrogens with one attached hydrogen (secondary N) is 1. The normalized spacial score (nSPS) is 14.5. The van der Waals surface area contributed by atoms with Gasteiger partial charge in [0.25, 0.3) is 0 Å². The number of hydrogen-bond donors (Lipinski definition) is 1. The van der Waals surface area contributed by atoms with Crippen molar-refractivity contribution in [2.45, 2.75) is 6.42 Å². The number of urea groups is 1. The van der Waals surface area contributed by atoms with Gasteiger partial charge in [-0.15, -0.1) is 15.3 Å². The Bertz CT molecular complexity index is 1180. The van der Waals surface area contributed by atoms with Crippen LogP contribution in [0.5, 0.6) is 0 Å². The second-order valence-electron chi connectivity index (χ2n) is 7.35. The van der Waals surface area contributed by atoms with Crippen molar-refractivity contribution in [1.29, 1.82) is 0 Å². The van der Waals surface area contributed by atoms with E-state index < -0.39 is 0 Å². The molecule has 0 unspecified atom stereocenters. The summed E-state index contributed by atoms with van der Waals surface area (Å²) >= 11 is 0. The molecule has 9 heteroatoms. The summed E-state index contributed by atoms with van der Waals surface area (Å²) in [6.07, 6.45) is 4.34. The van der Waals surface area contributed by atoms with Crippen LogP contribution in [0.1, 0.15) is 6.42 Å². The van der Waals surface area contributed by atoms with Crippen LogP contribution < -0.4 is 10.2 Å². The molecule has 156 valence electrons. The highest BCUT2D eigenvalue weighted by Gasteiger charge is 2.21. The Kier molecular flexibility index (Phi) is 5.14. The van der Waals surface area contributed by atoms with E-state index in [2.05, 4.69) is 25.4 Å². The Morgan fingerprint density at radius 3 is 2.65 bits per heavy atom. The molecule has 4 aromatic rings. The Morgan fingerprint density at radius 2 is 1.81 bits per heavy atom. The molecule has 0 spiro atoms. The van der Waals surface area contributed by atoms with Gasteiger partial charge in [-0.3, -0.25) is 4.98 Å². The number of nitrogens with zero attached hydrogens (tertiary/aromatic N) is 7. The first-order valence-corrected chi connectivity index (χ1v) is 10.3. The maximum absolute atomic E-state index is 12.7. The third kappa shape index (κ3) is 4.02. The van der Waals surface area contributed by atoms with Crippen LogP contribution in [0.3, 0.4) is 0 Å². The number of para-hydroxylation sites is 1. The summed E-state index contributed by atoms with van der Waals surface area (Å²) < 4.78 is 1.75. The predicted molar refractivity (Wildman–Crippen MR) is 118 cm³/mol. The van der Waals surface area contributed by atoms with Crippen LogP contribution in [-0.2, 0) is 0 Å². The topological polar surface area (TPSA) is 91.5 Å². The Hall–Kier alpha value is -4.01. The van der Waals surface area contributed by atoms with Crippen molar-refractivity contribution in [3.63, 3.8) is 0 Å². The molecule has 9 nitrogen and oxygen atoms in total. The summed E-state index contributed by atoms with van der Waals surface area (Å²) in [5.74, 6) is 1.49. The number of aromatic nitrogens is 5. The summed E-state index contributed by atoms with van der Waals surface area (Å²) in [5.41, 5.74) is 2.34. The highest BCUT2D eigenvalue weighted by molar-refractivity contribution is 5.89. The lowest BCUT2D eigenvalue weighted by Gasteiger charge is -2.23. The van der Waals surface area contributed by atoms with E-state index >= 15 is 0 Å². The zero-order valence-electron chi connectivity index (χ0n) is 16.9. The fourth-order valence-electron chi connectivity index (χ4n) is 3.70. The molecule has 3 aromatic heterocycles. The van der Waals surface area contributed by atoms with Gasteiger partial charge in [-0.25, -0.2) is 4.79 Å². The van der Waals surface area contributed by atoms with Gasteiger partial charge >= 0.3 is 6.03 Å². The fourth-order valence-corrected chi connectivity index (χ4v) is 3.70. The lowest BCUT2D eigenvalue weighted by molar-refractivity contribution is 0.215. The largest absolute Gasteiger partial charge is 0.353 e. The van der Waals surface area contributed by atoms with Gasteiger partial charge in [0.1, 0.15) is 5.82 Å². The van der Waals surface area contributed by atoms with Gasteiger partial charge in [0.2, 0.25) is 0 Å². The molecule has 1 N–H and O–H groups in total. The minimum atomic E-state index is -0.0749. The zero-order valence-corrected chi connectivity index (χ0v) is 16.9. The summed E-state index contributed by atoms with van der Waals surface area (Å²) in [6, 6.07) is 17.1. The molecular weight excluding hydrogens is 392 g/mol. The van der Waals surface area contributed by atoms with Crippen molar-refractivity contribution in [3.05, 3.63) is 67.0 Å². The highest BCUT2D eigenvalue weighted by Crippen LogP contribution is 2.20. The van der Waals surface area contributed by atoms with E-state index in [4.69, 9.17) is 5.10 Å². The van der Waals surface area contributed by atoms with Crippen molar-refractivity contribution in [3.8, 4) is 11.4 Å². The van der Waals surface area contributed by atoms with E-state index in [1.807, 2.05) is 59.5 Å². The monoisotopic (exact) mass is 414 g/mol. The van der Waals surface area contributed by atoms with Gasteiger partial charge in [-0.05, 0) is 42.8 Å². The Labute approximate surface area is 179 Å². The number of anilines is 2. The van der Waals surface area contributed by atoms with E-state index in [1.54, 1.807) is 16.9 Å².